The van der Waals surface area contributed by atoms with Crippen molar-refractivity contribution in [2.45, 2.75) is 0 Å². The second kappa shape index (κ2) is 6.63. The van der Waals surface area contributed by atoms with Gasteiger partial charge < -0.3 is 4.98 Å². The van der Waals surface area contributed by atoms with E-state index in [0.29, 0.717) is 0 Å². The highest BCUT2D eigenvalue weighted by Crippen LogP contribution is 2.33. The highest BCUT2D eigenvalue weighted by atomic mass is 15.1. The molecule has 0 bridgehead atoms. The number of nitrogens with one attached hydrogen (secondary N) is 2. The fraction of sp³-hybridized carbons (Fsp3) is 0. The molecule has 6 nitrogen and oxygen atoms in total. The number of aromatic nitrogens is 6. The third kappa shape index (κ3) is 2.66. The van der Waals surface area contributed by atoms with Gasteiger partial charge in [-0.05, 0) is 48.5 Å². The molecule has 6 rings (SSSR count). The van der Waals surface area contributed by atoms with E-state index in [1.165, 1.54) is 0 Å². The molecule has 0 aliphatic heterocycles. The summed E-state index contributed by atoms with van der Waals surface area (Å²) in [7, 11) is 0. The summed E-state index contributed by atoms with van der Waals surface area (Å²) in [5, 5.41) is 9.78. The zero-order valence-corrected chi connectivity index (χ0v) is 15.9. The van der Waals surface area contributed by atoms with Gasteiger partial charge in [0.2, 0.25) is 0 Å². The van der Waals surface area contributed by atoms with Crippen LogP contribution in [0.1, 0.15) is 0 Å². The van der Waals surface area contributed by atoms with E-state index in [4.69, 9.17) is 0 Å². The Morgan fingerprint density at radius 2 is 1.40 bits per heavy atom. The van der Waals surface area contributed by atoms with Crippen LogP contribution in [0.3, 0.4) is 0 Å². The zero-order valence-electron chi connectivity index (χ0n) is 15.9. The Morgan fingerprint density at radius 3 is 2.20 bits per heavy atom. The van der Waals surface area contributed by atoms with Gasteiger partial charge in [-0.1, -0.05) is 18.2 Å². The minimum absolute atomic E-state index is 0.845. The lowest BCUT2D eigenvalue weighted by Crippen LogP contribution is -1.86. The number of nitrogens with zero attached hydrogens (tertiary/aromatic N) is 4. The first-order valence-electron chi connectivity index (χ1n) is 9.66. The minimum Gasteiger partial charge on any atom is -0.353 e. The summed E-state index contributed by atoms with van der Waals surface area (Å²) in [5.74, 6) is 0. The number of H-pyrrole nitrogens is 2. The molecule has 0 fully saturated rings. The largest absolute Gasteiger partial charge is 0.353 e. The molecule has 0 radical (unpaired) electrons. The second-order valence-electron chi connectivity index (χ2n) is 7.07. The van der Waals surface area contributed by atoms with E-state index < -0.39 is 0 Å². The first-order valence-corrected chi connectivity index (χ1v) is 9.66. The van der Waals surface area contributed by atoms with Crippen LogP contribution >= 0.6 is 0 Å². The Bertz CT molecular complexity index is 1480. The maximum absolute atomic E-state index is 4.59. The third-order valence-electron chi connectivity index (χ3n) is 5.23. The van der Waals surface area contributed by atoms with Gasteiger partial charge >= 0.3 is 0 Å². The Balaban J connectivity index is 1.52. The molecule has 1 aromatic carbocycles. The Kier molecular flexibility index (Phi) is 3.67. The molecular weight excluding hydrogens is 372 g/mol. The minimum atomic E-state index is 0.845. The normalized spacial score (nSPS) is 11.3. The number of benzene rings is 1. The highest BCUT2D eigenvalue weighted by Gasteiger charge is 2.15. The van der Waals surface area contributed by atoms with Gasteiger partial charge in [0.05, 0.1) is 28.3 Å². The van der Waals surface area contributed by atoms with Crippen molar-refractivity contribution < 1.29 is 0 Å². The van der Waals surface area contributed by atoms with Gasteiger partial charge in [0.25, 0.3) is 0 Å². The van der Waals surface area contributed by atoms with Crippen LogP contribution in [0, 0.1) is 0 Å². The predicted molar refractivity (Wildman–Crippen MR) is 118 cm³/mol. The van der Waals surface area contributed by atoms with Crippen molar-refractivity contribution in [3.8, 4) is 34.0 Å². The first-order chi connectivity index (χ1) is 14.9. The summed E-state index contributed by atoms with van der Waals surface area (Å²) < 4.78 is 0. The van der Waals surface area contributed by atoms with Crippen molar-refractivity contribution in [1.29, 1.82) is 0 Å². The summed E-state index contributed by atoms with van der Waals surface area (Å²) in [6, 6.07) is 22.1. The van der Waals surface area contributed by atoms with E-state index in [-0.39, 0.29) is 0 Å². The number of rotatable bonds is 3. The maximum atomic E-state index is 4.59. The van der Waals surface area contributed by atoms with Crippen molar-refractivity contribution in [3.63, 3.8) is 0 Å². The van der Waals surface area contributed by atoms with Gasteiger partial charge in [0.1, 0.15) is 5.69 Å². The van der Waals surface area contributed by atoms with Crippen LogP contribution in [-0.2, 0) is 0 Å². The van der Waals surface area contributed by atoms with E-state index in [1.54, 1.807) is 18.6 Å². The average molecular weight is 388 g/mol. The lowest BCUT2D eigenvalue weighted by atomic mass is 10.1. The molecule has 6 heteroatoms. The van der Waals surface area contributed by atoms with Gasteiger partial charge in [0.15, 0.2) is 0 Å². The predicted octanol–water partition coefficient (Wildman–Crippen LogP) is 5.23. The smallest absolute Gasteiger partial charge is 0.116 e. The van der Waals surface area contributed by atoms with Crippen LogP contribution < -0.4 is 0 Å². The standard InChI is InChI=1S/C24H16N6/c1-3-10-25-18(5-1)15-7-8-20-16(13-15)24(30-29-20)22-14-17-19(28-22)9-12-27-23(17)21-6-2-4-11-26-21/h1-14,28H,(H,29,30). The fourth-order valence-electron chi connectivity index (χ4n) is 3.80. The molecule has 0 amide bonds. The maximum Gasteiger partial charge on any atom is 0.116 e. The summed E-state index contributed by atoms with van der Waals surface area (Å²) in [4.78, 5) is 17.0. The molecule has 0 saturated heterocycles. The third-order valence-corrected chi connectivity index (χ3v) is 5.23. The molecule has 5 aromatic heterocycles. The van der Waals surface area contributed by atoms with Crippen molar-refractivity contribution in [2.24, 2.45) is 0 Å². The molecule has 5 heterocycles. The van der Waals surface area contributed by atoms with Crippen LogP contribution in [0.5, 0.6) is 0 Å². The van der Waals surface area contributed by atoms with Gasteiger partial charge in [-0.25, -0.2) is 0 Å². The van der Waals surface area contributed by atoms with Crippen molar-refractivity contribution >= 4 is 21.8 Å². The number of pyridine rings is 3. The van der Waals surface area contributed by atoms with Crippen LogP contribution in [0.15, 0.2) is 85.3 Å². The van der Waals surface area contributed by atoms with Crippen LogP contribution in [0.2, 0.25) is 0 Å². The quantitative estimate of drug-likeness (QED) is 0.435. The molecule has 0 saturated carbocycles. The van der Waals surface area contributed by atoms with E-state index in [2.05, 4.69) is 48.3 Å². The summed E-state index contributed by atoms with van der Waals surface area (Å²) in [5.41, 5.74) is 7.46. The average Bonchev–Trinajstić information content (AvgIpc) is 3.43. The van der Waals surface area contributed by atoms with E-state index >= 15 is 0 Å². The van der Waals surface area contributed by atoms with Gasteiger partial charge in [-0.15, -0.1) is 0 Å². The lowest BCUT2D eigenvalue weighted by molar-refractivity contribution is 1.12. The molecule has 2 N–H and O–H groups in total. The van der Waals surface area contributed by atoms with Gasteiger partial charge in [-0.3, -0.25) is 20.1 Å². The molecule has 142 valence electrons. The molecule has 0 aliphatic rings. The summed E-state index contributed by atoms with van der Waals surface area (Å²) >= 11 is 0. The Labute approximate surface area is 171 Å². The number of hydrogen-bond acceptors (Lipinski definition) is 4. The van der Waals surface area contributed by atoms with Crippen molar-refractivity contribution in [3.05, 3.63) is 85.3 Å². The molecule has 6 aromatic rings. The summed E-state index contributed by atoms with van der Waals surface area (Å²) in [6.07, 6.45) is 5.39. The number of aromatic amines is 2. The van der Waals surface area contributed by atoms with Crippen molar-refractivity contribution in [2.75, 3.05) is 0 Å². The van der Waals surface area contributed by atoms with E-state index in [9.17, 15) is 0 Å². The second-order valence-corrected chi connectivity index (χ2v) is 7.07. The van der Waals surface area contributed by atoms with Crippen molar-refractivity contribution in [1.82, 2.24) is 30.1 Å². The molecule has 0 spiro atoms. The van der Waals surface area contributed by atoms with Crippen LogP contribution in [0.25, 0.3) is 55.8 Å². The molecule has 0 atom stereocenters. The molecular formula is C24H16N6. The van der Waals surface area contributed by atoms with E-state index in [0.717, 1.165) is 55.8 Å². The topological polar surface area (TPSA) is 83.1 Å². The molecule has 0 unspecified atom stereocenters. The lowest BCUT2D eigenvalue weighted by Gasteiger charge is -2.01. The van der Waals surface area contributed by atoms with Crippen LogP contribution in [-0.4, -0.2) is 30.1 Å². The van der Waals surface area contributed by atoms with Crippen LogP contribution in [0.4, 0.5) is 0 Å². The Hall–Kier alpha value is -4.32. The number of hydrogen-bond donors (Lipinski definition) is 2. The monoisotopic (exact) mass is 388 g/mol. The summed E-state index contributed by atoms with van der Waals surface area (Å²) in [6.45, 7) is 0. The first kappa shape index (κ1) is 16.6. The molecule has 0 aliphatic carbocycles. The SMILES string of the molecule is c1ccc(-c2ccc3[nH]nc(-c4cc5c(-c6ccccn6)nccc5[nH]4)c3c2)nc1. The van der Waals surface area contributed by atoms with Gasteiger partial charge in [-0.2, -0.15) is 5.10 Å². The fourth-order valence-corrected chi connectivity index (χ4v) is 3.80. The van der Waals surface area contributed by atoms with Gasteiger partial charge in [0, 0.05) is 40.4 Å². The zero-order chi connectivity index (χ0) is 19.9. The Morgan fingerprint density at radius 1 is 0.600 bits per heavy atom. The number of fused-ring (bicyclic) bond motifs is 2. The van der Waals surface area contributed by atoms with E-state index in [1.807, 2.05) is 48.5 Å². The molecule has 30 heavy (non-hydrogen) atoms. The highest BCUT2D eigenvalue weighted by molar-refractivity contribution is 6.00.